The van der Waals surface area contributed by atoms with Gasteiger partial charge >= 0.3 is 0 Å². The maximum Gasteiger partial charge on any atom is 0.172 e. The summed E-state index contributed by atoms with van der Waals surface area (Å²) in [6.45, 7) is 0.579. The number of benzene rings is 1. The molecule has 0 radical (unpaired) electrons. The van der Waals surface area contributed by atoms with Gasteiger partial charge < -0.3 is 4.74 Å². The zero-order valence-corrected chi connectivity index (χ0v) is 10.9. The van der Waals surface area contributed by atoms with Crippen LogP contribution in [0.25, 0.3) is 0 Å². The summed E-state index contributed by atoms with van der Waals surface area (Å²) in [7, 11) is 0. The molecule has 1 saturated carbocycles. The molecular weight excluding hydrogens is 280 g/mol. The van der Waals surface area contributed by atoms with E-state index in [9.17, 15) is 0 Å². The summed E-state index contributed by atoms with van der Waals surface area (Å²) < 4.78 is 8.71. The Morgan fingerprint density at radius 1 is 1.29 bits per heavy atom. The van der Waals surface area contributed by atoms with Crippen LogP contribution in [0.5, 0.6) is 5.75 Å². The first-order chi connectivity index (χ1) is 8.34. The van der Waals surface area contributed by atoms with Crippen LogP contribution in [0, 0.1) is 0 Å². The van der Waals surface area contributed by atoms with Gasteiger partial charge in [0.05, 0.1) is 12.2 Å². The summed E-state index contributed by atoms with van der Waals surface area (Å²) in [5.74, 6) is 0.820. The van der Waals surface area contributed by atoms with E-state index in [1.54, 1.807) is 6.20 Å². The summed E-state index contributed by atoms with van der Waals surface area (Å²) in [5.41, 5.74) is 1.17. The van der Waals surface area contributed by atoms with Gasteiger partial charge in [0.1, 0.15) is 11.2 Å². The molecule has 3 nitrogen and oxygen atoms in total. The molecule has 1 fully saturated rings. The Morgan fingerprint density at radius 3 is 2.76 bits per heavy atom. The zero-order valence-electron chi connectivity index (χ0n) is 9.34. The van der Waals surface area contributed by atoms with Crippen molar-refractivity contribution >= 4 is 15.9 Å². The van der Waals surface area contributed by atoms with Gasteiger partial charge in [0.15, 0.2) is 5.75 Å². The number of aromatic nitrogens is 2. The van der Waals surface area contributed by atoms with Gasteiger partial charge in [-0.3, -0.25) is 4.68 Å². The van der Waals surface area contributed by atoms with Gasteiger partial charge in [0, 0.05) is 0 Å². The van der Waals surface area contributed by atoms with Gasteiger partial charge in [-0.1, -0.05) is 30.3 Å². The van der Waals surface area contributed by atoms with Crippen LogP contribution in [0.3, 0.4) is 0 Å². The van der Waals surface area contributed by atoms with Gasteiger partial charge in [-0.15, -0.1) is 0 Å². The third-order valence-electron chi connectivity index (χ3n) is 2.83. The lowest BCUT2D eigenvalue weighted by molar-refractivity contribution is 0.303. The Labute approximate surface area is 109 Å². The minimum atomic E-state index is 0.568. The van der Waals surface area contributed by atoms with Crippen LogP contribution in [0.15, 0.2) is 41.1 Å². The zero-order chi connectivity index (χ0) is 11.7. The monoisotopic (exact) mass is 292 g/mol. The maximum absolute atomic E-state index is 5.75. The topological polar surface area (TPSA) is 27.1 Å². The number of nitrogens with zero attached hydrogens (tertiary/aromatic N) is 2. The van der Waals surface area contributed by atoms with Crippen molar-refractivity contribution in [2.75, 3.05) is 0 Å². The standard InChI is InChI=1S/C13H13BrN2O/c14-13-12(8-15-16(13)11-6-7-11)17-9-10-4-2-1-3-5-10/h1-5,8,11H,6-7,9H2. The molecule has 0 bridgehead atoms. The van der Waals surface area contributed by atoms with Gasteiger partial charge in [-0.05, 0) is 34.3 Å². The summed E-state index contributed by atoms with van der Waals surface area (Å²) in [5, 5.41) is 4.33. The highest BCUT2D eigenvalue weighted by Gasteiger charge is 2.27. The van der Waals surface area contributed by atoms with E-state index in [2.05, 4.69) is 33.2 Å². The second-order valence-electron chi connectivity index (χ2n) is 4.25. The summed E-state index contributed by atoms with van der Waals surface area (Å²) in [6, 6.07) is 10.7. The molecule has 3 rings (SSSR count). The second kappa shape index (κ2) is 4.53. The van der Waals surface area contributed by atoms with E-state index >= 15 is 0 Å². The third-order valence-corrected chi connectivity index (χ3v) is 3.59. The number of halogens is 1. The van der Waals surface area contributed by atoms with Crippen LogP contribution in [0.4, 0.5) is 0 Å². The first kappa shape index (κ1) is 10.8. The fraction of sp³-hybridized carbons (Fsp3) is 0.308. The lowest BCUT2D eigenvalue weighted by atomic mass is 10.2. The number of hydrogen-bond donors (Lipinski definition) is 0. The fourth-order valence-electron chi connectivity index (χ4n) is 1.74. The highest BCUT2D eigenvalue weighted by molar-refractivity contribution is 9.10. The van der Waals surface area contributed by atoms with Crippen molar-refractivity contribution in [2.45, 2.75) is 25.5 Å². The molecule has 1 aromatic carbocycles. The second-order valence-corrected chi connectivity index (χ2v) is 5.00. The Hall–Kier alpha value is -1.29. The number of ether oxygens (including phenoxy) is 1. The van der Waals surface area contributed by atoms with Gasteiger partial charge in [-0.25, -0.2) is 0 Å². The molecule has 0 aliphatic heterocycles. The maximum atomic E-state index is 5.75. The minimum absolute atomic E-state index is 0.568. The smallest absolute Gasteiger partial charge is 0.172 e. The predicted octanol–water partition coefficient (Wildman–Crippen LogP) is 3.56. The van der Waals surface area contributed by atoms with Crippen LogP contribution < -0.4 is 4.74 Å². The van der Waals surface area contributed by atoms with Gasteiger partial charge in [0.25, 0.3) is 0 Å². The summed E-state index contributed by atoms with van der Waals surface area (Å²) in [4.78, 5) is 0. The van der Waals surface area contributed by atoms with E-state index in [-0.39, 0.29) is 0 Å². The first-order valence-corrected chi connectivity index (χ1v) is 6.53. The average molecular weight is 293 g/mol. The molecule has 0 saturated heterocycles. The average Bonchev–Trinajstić information content (AvgIpc) is 3.13. The van der Waals surface area contributed by atoms with Crippen molar-refractivity contribution in [3.05, 3.63) is 46.7 Å². The molecule has 0 atom stereocenters. The molecule has 1 heterocycles. The molecule has 0 amide bonds. The Morgan fingerprint density at radius 2 is 2.06 bits per heavy atom. The lowest BCUT2D eigenvalue weighted by Crippen LogP contribution is -1.97. The van der Waals surface area contributed by atoms with E-state index in [1.165, 1.54) is 18.4 Å². The van der Waals surface area contributed by atoms with E-state index in [0.717, 1.165) is 10.4 Å². The van der Waals surface area contributed by atoms with Crippen molar-refractivity contribution in [3.63, 3.8) is 0 Å². The van der Waals surface area contributed by atoms with Crippen LogP contribution in [0.2, 0.25) is 0 Å². The molecule has 1 aromatic heterocycles. The van der Waals surface area contributed by atoms with Gasteiger partial charge in [0.2, 0.25) is 0 Å². The predicted molar refractivity (Wildman–Crippen MR) is 69.0 cm³/mol. The highest BCUT2D eigenvalue weighted by Crippen LogP contribution is 2.39. The van der Waals surface area contributed by atoms with E-state index < -0.39 is 0 Å². The van der Waals surface area contributed by atoms with Crippen LogP contribution >= 0.6 is 15.9 Å². The Bertz CT molecular complexity index is 505. The van der Waals surface area contributed by atoms with Crippen molar-refractivity contribution < 1.29 is 4.74 Å². The Balaban J connectivity index is 1.69. The molecule has 2 aromatic rings. The summed E-state index contributed by atoms with van der Waals surface area (Å²) >= 11 is 3.54. The highest BCUT2D eigenvalue weighted by atomic mass is 79.9. The molecule has 4 heteroatoms. The molecule has 0 unspecified atom stereocenters. The van der Waals surface area contributed by atoms with Crippen LogP contribution in [0.1, 0.15) is 24.4 Å². The van der Waals surface area contributed by atoms with E-state index in [0.29, 0.717) is 12.6 Å². The molecule has 17 heavy (non-hydrogen) atoms. The molecule has 0 N–H and O–H groups in total. The number of hydrogen-bond acceptors (Lipinski definition) is 2. The SMILES string of the molecule is Brc1c(OCc2ccccc2)cnn1C1CC1. The third kappa shape index (κ3) is 2.36. The van der Waals surface area contributed by atoms with Gasteiger partial charge in [-0.2, -0.15) is 5.10 Å². The first-order valence-electron chi connectivity index (χ1n) is 5.74. The van der Waals surface area contributed by atoms with Crippen molar-refractivity contribution in [1.29, 1.82) is 0 Å². The van der Waals surface area contributed by atoms with Crippen molar-refractivity contribution in [3.8, 4) is 5.75 Å². The lowest BCUT2D eigenvalue weighted by Gasteiger charge is -2.05. The quantitative estimate of drug-likeness (QED) is 0.862. The molecule has 1 aliphatic carbocycles. The van der Waals surface area contributed by atoms with Crippen molar-refractivity contribution in [1.82, 2.24) is 9.78 Å². The summed E-state index contributed by atoms with van der Waals surface area (Å²) in [6.07, 6.45) is 4.22. The molecule has 88 valence electrons. The molecular formula is C13H13BrN2O. The molecule has 1 aliphatic rings. The molecule has 0 spiro atoms. The normalized spacial score (nSPS) is 14.9. The van der Waals surface area contributed by atoms with Crippen LogP contribution in [-0.2, 0) is 6.61 Å². The Kier molecular flexibility index (Phi) is 2.89. The number of rotatable bonds is 4. The van der Waals surface area contributed by atoms with Crippen molar-refractivity contribution in [2.24, 2.45) is 0 Å². The van der Waals surface area contributed by atoms with E-state index in [1.807, 2.05) is 22.9 Å². The van der Waals surface area contributed by atoms with Crippen LogP contribution in [-0.4, -0.2) is 9.78 Å². The fourth-order valence-corrected chi connectivity index (χ4v) is 2.34. The minimum Gasteiger partial charge on any atom is -0.484 e. The van der Waals surface area contributed by atoms with E-state index in [4.69, 9.17) is 4.74 Å². The largest absolute Gasteiger partial charge is 0.484 e.